The van der Waals surface area contributed by atoms with Crippen LogP contribution in [0.15, 0.2) is 22.7 Å². The van der Waals surface area contributed by atoms with Gasteiger partial charge >= 0.3 is 0 Å². The zero-order valence-corrected chi connectivity index (χ0v) is 12.2. The smallest absolute Gasteiger partial charge is 0.261 e. The Morgan fingerprint density at radius 3 is 2.95 bits per heavy atom. The van der Waals surface area contributed by atoms with Gasteiger partial charge in [0.25, 0.3) is 5.91 Å². The highest BCUT2D eigenvalue weighted by Gasteiger charge is 2.34. The van der Waals surface area contributed by atoms with Crippen LogP contribution in [0.5, 0.6) is 0 Å². The number of amides is 2. The number of hydrogen-bond acceptors (Lipinski definition) is 2. The highest BCUT2D eigenvalue weighted by atomic mass is 79.9. The molecule has 1 aromatic carbocycles. The maximum Gasteiger partial charge on any atom is 0.261 e. The zero-order valence-electron chi connectivity index (χ0n) is 10.7. The standard InChI is InChI=1S/C14H15BrFNO2/c1-2-4-9-7-12(18)17(8-9)14(19)10-5-3-6-11(16)13(10)15/h3,5-6,9H,2,4,7-8H2,1H3. The summed E-state index contributed by atoms with van der Waals surface area (Å²) in [5.41, 5.74) is 0.200. The fraction of sp³-hybridized carbons (Fsp3) is 0.429. The van der Waals surface area contributed by atoms with Gasteiger partial charge in [-0.2, -0.15) is 0 Å². The Balaban J connectivity index is 2.20. The number of imide groups is 1. The monoisotopic (exact) mass is 327 g/mol. The van der Waals surface area contributed by atoms with Crippen molar-refractivity contribution in [1.29, 1.82) is 0 Å². The van der Waals surface area contributed by atoms with Gasteiger partial charge < -0.3 is 0 Å². The summed E-state index contributed by atoms with van der Waals surface area (Å²) in [6, 6.07) is 4.26. The molecule has 1 heterocycles. The molecule has 1 unspecified atom stereocenters. The van der Waals surface area contributed by atoms with Crippen LogP contribution >= 0.6 is 15.9 Å². The van der Waals surface area contributed by atoms with Crippen molar-refractivity contribution >= 4 is 27.7 Å². The molecule has 3 nitrogen and oxygen atoms in total. The summed E-state index contributed by atoms with van der Waals surface area (Å²) in [6.45, 7) is 2.49. The predicted molar refractivity (Wildman–Crippen MR) is 73.2 cm³/mol. The first-order valence-corrected chi connectivity index (χ1v) is 7.12. The third-order valence-corrected chi connectivity index (χ3v) is 4.14. The van der Waals surface area contributed by atoms with Gasteiger partial charge in [0, 0.05) is 13.0 Å². The summed E-state index contributed by atoms with van der Waals surface area (Å²) in [6.07, 6.45) is 2.33. The molecule has 1 fully saturated rings. The van der Waals surface area contributed by atoms with Crippen LogP contribution in [-0.4, -0.2) is 23.3 Å². The van der Waals surface area contributed by atoms with Crippen molar-refractivity contribution in [2.45, 2.75) is 26.2 Å². The zero-order chi connectivity index (χ0) is 14.0. The van der Waals surface area contributed by atoms with Crippen LogP contribution in [0.25, 0.3) is 0 Å². The maximum absolute atomic E-state index is 13.4. The quantitative estimate of drug-likeness (QED) is 0.798. The van der Waals surface area contributed by atoms with Crippen LogP contribution in [0.2, 0.25) is 0 Å². The number of nitrogens with zero attached hydrogens (tertiary/aromatic N) is 1. The molecule has 2 amide bonds. The van der Waals surface area contributed by atoms with Crippen LogP contribution in [-0.2, 0) is 4.79 Å². The first-order chi connectivity index (χ1) is 9.04. The van der Waals surface area contributed by atoms with Crippen molar-refractivity contribution in [3.63, 3.8) is 0 Å². The molecule has 1 aliphatic heterocycles. The minimum Gasteiger partial charge on any atom is -0.278 e. The fourth-order valence-corrected chi connectivity index (χ4v) is 2.83. The van der Waals surface area contributed by atoms with Crippen molar-refractivity contribution in [3.8, 4) is 0 Å². The van der Waals surface area contributed by atoms with Gasteiger partial charge in [0.15, 0.2) is 0 Å². The molecule has 102 valence electrons. The molecule has 19 heavy (non-hydrogen) atoms. The Hall–Kier alpha value is -1.23. The van der Waals surface area contributed by atoms with Gasteiger partial charge in [-0.05, 0) is 40.4 Å². The maximum atomic E-state index is 13.4. The Labute approximate surface area is 119 Å². The number of halogens is 2. The van der Waals surface area contributed by atoms with E-state index in [4.69, 9.17) is 0 Å². The van der Waals surface area contributed by atoms with Crippen LogP contribution in [0.4, 0.5) is 4.39 Å². The summed E-state index contributed by atoms with van der Waals surface area (Å²) in [4.78, 5) is 25.4. The second-order valence-corrected chi connectivity index (χ2v) is 5.56. The molecule has 0 spiro atoms. The third kappa shape index (κ3) is 2.86. The lowest BCUT2D eigenvalue weighted by Gasteiger charge is -2.15. The number of hydrogen-bond donors (Lipinski definition) is 0. The third-order valence-electron chi connectivity index (χ3n) is 3.33. The molecule has 1 aromatic rings. The van der Waals surface area contributed by atoms with E-state index in [1.165, 1.54) is 23.1 Å². The largest absolute Gasteiger partial charge is 0.278 e. The molecule has 5 heteroatoms. The number of carbonyl (C=O) groups excluding carboxylic acids is 2. The molecular formula is C14H15BrFNO2. The molecule has 0 radical (unpaired) electrons. The predicted octanol–water partition coefficient (Wildman–Crippen LogP) is 3.38. The normalized spacial score (nSPS) is 19.0. The van der Waals surface area contributed by atoms with E-state index in [1.54, 1.807) is 0 Å². The lowest BCUT2D eigenvalue weighted by Crippen LogP contribution is -2.32. The van der Waals surface area contributed by atoms with Gasteiger partial charge in [-0.15, -0.1) is 0 Å². The molecule has 0 saturated carbocycles. The van der Waals surface area contributed by atoms with Gasteiger partial charge in [-0.25, -0.2) is 4.39 Å². The summed E-state index contributed by atoms with van der Waals surface area (Å²) in [5.74, 6) is -0.856. The van der Waals surface area contributed by atoms with E-state index in [2.05, 4.69) is 22.9 Å². The second-order valence-electron chi connectivity index (χ2n) is 4.77. The number of rotatable bonds is 3. The molecule has 2 rings (SSSR count). The molecule has 0 aliphatic carbocycles. The van der Waals surface area contributed by atoms with Crippen LogP contribution < -0.4 is 0 Å². The van der Waals surface area contributed by atoms with E-state index in [0.717, 1.165) is 12.8 Å². The van der Waals surface area contributed by atoms with E-state index in [0.29, 0.717) is 13.0 Å². The first-order valence-electron chi connectivity index (χ1n) is 6.33. The van der Waals surface area contributed by atoms with E-state index in [9.17, 15) is 14.0 Å². The lowest BCUT2D eigenvalue weighted by atomic mass is 10.0. The Morgan fingerprint density at radius 2 is 2.26 bits per heavy atom. The highest BCUT2D eigenvalue weighted by Crippen LogP contribution is 2.27. The van der Waals surface area contributed by atoms with Gasteiger partial charge in [0.1, 0.15) is 5.82 Å². The average Bonchev–Trinajstić information content (AvgIpc) is 2.73. The molecule has 0 bridgehead atoms. The minimum atomic E-state index is -0.498. The summed E-state index contributed by atoms with van der Waals surface area (Å²) in [5, 5.41) is 0. The number of carbonyl (C=O) groups is 2. The van der Waals surface area contributed by atoms with Crippen LogP contribution in [0.1, 0.15) is 36.5 Å². The van der Waals surface area contributed by atoms with Gasteiger partial charge in [0.2, 0.25) is 5.91 Å². The topological polar surface area (TPSA) is 37.4 Å². The van der Waals surface area contributed by atoms with E-state index < -0.39 is 11.7 Å². The van der Waals surface area contributed by atoms with Crippen molar-refractivity contribution in [3.05, 3.63) is 34.1 Å². The van der Waals surface area contributed by atoms with E-state index >= 15 is 0 Å². The van der Waals surface area contributed by atoms with E-state index in [1.807, 2.05) is 0 Å². The average molecular weight is 328 g/mol. The highest BCUT2D eigenvalue weighted by molar-refractivity contribution is 9.10. The summed E-state index contributed by atoms with van der Waals surface area (Å²) in [7, 11) is 0. The van der Waals surface area contributed by atoms with Gasteiger partial charge in [-0.3, -0.25) is 14.5 Å². The fourth-order valence-electron chi connectivity index (χ4n) is 2.39. The number of benzene rings is 1. The van der Waals surface area contributed by atoms with Crippen molar-refractivity contribution in [2.75, 3.05) is 6.54 Å². The molecule has 0 aromatic heterocycles. The summed E-state index contributed by atoms with van der Waals surface area (Å²) < 4.78 is 13.5. The van der Waals surface area contributed by atoms with E-state index in [-0.39, 0.29) is 21.9 Å². The first kappa shape index (κ1) is 14.2. The SMILES string of the molecule is CCCC1CC(=O)N(C(=O)c2cccc(F)c2Br)C1. The van der Waals surface area contributed by atoms with Crippen molar-refractivity contribution < 1.29 is 14.0 Å². The second kappa shape index (κ2) is 5.82. The van der Waals surface area contributed by atoms with Crippen LogP contribution in [0, 0.1) is 11.7 Å². The molecular weight excluding hydrogens is 313 g/mol. The summed E-state index contributed by atoms with van der Waals surface area (Å²) >= 11 is 3.06. The number of likely N-dealkylation sites (tertiary alicyclic amines) is 1. The van der Waals surface area contributed by atoms with Crippen molar-refractivity contribution in [2.24, 2.45) is 5.92 Å². The Kier molecular flexibility index (Phi) is 4.34. The molecule has 0 N–H and O–H groups in total. The Morgan fingerprint density at radius 1 is 1.53 bits per heavy atom. The lowest BCUT2D eigenvalue weighted by molar-refractivity contribution is -0.125. The Bertz CT molecular complexity index is 518. The molecule has 1 saturated heterocycles. The molecule has 1 atom stereocenters. The van der Waals surface area contributed by atoms with Crippen molar-refractivity contribution in [1.82, 2.24) is 4.90 Å². The van der Waals surface area contributed by atoms with Crippen LogP contribution in [0.3, 0.4) is 0 Å². The minimum absolute atomic E-state index is 0.117. The molecule has 1 aliphatic rings. The van der Waals surface area contributed by atoms with Gasteiger partial charge in [0.05, 0.1) is 10.0 Å². The van der Waals surface area contributed by atoms with Gasteiger partial charge in [-0.1, -0.05) is 19.4 Å².